The van der Waals surface area contributed by atoms with E-state index >= 15 is 0 Å². The molecule has 27 heavy (non-hydrogen) atoms. The maximum atomic E-state index is 12.2. The first kappa shape index (κ1) is 18.6. The van der Waals surface area contributed by atoms with Gasteiger partial charge in [-0.1, -0.05) is 54.2 Å². The van der Waals surface area contributed by atoms with Gasteiger partial charge in [0.1, 0.15) is 0 Å². The lowest BCUT2D eigenvalue weighted by molar-refractivity contribution is -0.113. The van der Waals surface area contributed by atoms with Crippen molar-refractivity contribution in [2.24, 2.45) is 0 Å². The van der Waals surface area contributed by atoms with Crippen LogP contribution in [0.1, 0.15) is 17.3 Å². The molecule has 0 fully saturated rings. The molecule has 3 rings (SSSR count). The molecule has 1 amide bonds. The molecule has 0 bridgehead atoms. The summed E-state index contributed by atoms with van der Waals surface area (Å²) < 4.78 is 0. The number of carbonyl (C=O) groups excluding carboxylic acids is 2. The molecule has 0 saturated heterocycles. The summed E-state index contributed by atoms with van der Waals surface area (Å²) in [6, 6.07) is 17.6. The Morgan fingerprint density at radius 1 is 1.07 bits per heavy atom. The lowest BCUT2D eigenvalue weighted by atomic mass is 10.1. The third kappa shape index (κ3) is 4.92. The fourth-order valence-electron chi connectivity index (χ4n) is 2.48. The monoisotopic (exact) mass is 379 g/mol. The van der Waals surface area contributed by atoms with Gasteiger partial charge in [0.05, 0.1) is 17.1 Å². The number of thioether (sulfide) groups is 1. The Balaban J connectivity index is 1.70. The van der Waals surface area contributed by atoms with E-state index in [4.69, 9.17) is 0 Å². The van der Waals surface area contributed by atoms with Crippen molar-refractivity contribution in [1.29, 1.82) is 0 Å². The van der Waals surface area contributed by atoms with Crippen molar-refractivity contribution in [3.8, 4) is 11.3 Å². The van der Waals surface area contributed by atoms with Gasteiger partial charge >= 0.3 is 0 Å². The van der Waals surface area contributed by atoms with Crippen LogP contribution in [0.15, 0.2) is 70.6 Å². The minimum Gasteiger partial charge on any atom is -0.325 e. The molecule has 6 nitrogen and oxygen atoms in total. The number of hydrogen-bond donors (Lipinski definition) is 2. The number of anilines is 1. The third-order valence-corrected chi connectivity index (χ3v) is 4.58. The van der Waals surface area contributed by atoms with E-state index in [2.05, 4.69) is 15.3 Å². The van der Waals surface area contributed by atoms with Gasteiger partial charge in [-0.05, 0) is 19.1 Å². The van der Waals surface area contributed by atoms with Gasteiger partial charge in [0.15, 0.2) is 10.9 Å². The zero-order valence-corrected chi connectivity index (χ0v) is 15.4. The van der Waals surface area contributed by atoms with Crippen LogP contribution in [0.2, 0.25) is 0 Å². The maximum absolute atomic E-state index is 12.2. The van der Waals surface area contributed by atoms with Gasteiger partial charge in [-0.25, -0.2) is 4.98 Å². The second kappa shape index (κ2) is 8.46. The fraction of sp³-hybridized carbons (Fsp3) is 0.100. The summed E-state index contributed by atoms with van der Waals surface area (Å²) >= 11 is 1.12. The number of H-pyrrole nitrogens is 1. The van der Waals surface area contributed by atoms with Crippen LogP contribution in [-0.2, 0) is 4.79 Å². The molecule has 3 aromatic rings. The summed E-state index contributed by atoms with van der Waals surface area (Å²) in [6.07, 6.45) is 0. The summed E-state index contributed by atoms with van der Waals surface area (Å²) in [4.78, 5) is 42.8. The first-order chi connectivity index (χ1) is 13.0. The highest BCUT2D eigenvalue weighted by atomic mass is 32.2. The van der Waals surface area contributed by atoms with Crippen LogP contribution in [0, 0.1) is 0 Å². The Kier molecular flexibility index (Phi) is 5.83. The van der Waals surface area contributed by atoms with Crippen LogP contribution < -0.4 is 10.9 Å². The van der Waals surface area contributed by atoms with Crippen LogP contribution in [0.4, 0.5) is 5.69 Å². The summed E-state index contributed by atoms with van der Waals surface area (Å²) in [5, 5.41) is 3.08. The van der Waals surface area contributed by atoms with Gasteiger partial charge in [0.2, 0.25) is 5.91 Å². The van der Waals surface area contributed by atoms with Crippen molar-refractivity contribution >= 4 is 29.1 Å². The van der Waals surface area contributed by atoms with E-state index in [0.29, 0.717) is 22.1 Å². The molecule has 1 heterocycles. The summed E-state index contributed by atoms with van der Waals surface area (Å²) in [6.45, 7) is 1.45. The van der Waals surface area contributed by atoms with Gasteiger partial charge in [-0.2, -0.15) is 0 Å². The van der Waals surface area contributed by atoms with E-state index < -0.39 is 0 Å². The number of nitrogens with zero attached hydrogens (tertiary/aromatic N) is 1. The predicted molar refractivity (Wildman–Crippen MR) is 106 cm³/mol. The number of hydrogen-bond acceptors (Lipinski definition) is 5. The van der Waals surface area contributed by atoms with Gasteiger partial charge in [-0.3, -0.25) is 14.4 Å². The summed E-state index contributed by atoms with van der Waals surface area (Å²) in [5.41, 5.74) is 2.01. The molecule has 1 aromatic heterocycles. The Labute approximate surface area is 160 Å². The molecule has 136 valence electrons. The standard InChI is InChI=1S/C20H17N3O3S/c1-13(24)15-9-5-6-10-16(15)21-19(26)12-27-20-22-17(11-18(25)23-20)14-7-3-2-4-8-14/h2-11H,12H2,1H3,(H,21,26)(H,22,23,25). The molecule has 0 unspecified atom stereocenters. The molecule has 0 atom stereocenters. The SMILES string of the molecule is CC(=O)c1ccccc1NC(=O)CSc1nc(-c2ccccc2)cc(=O)[nH]1. The highest BCUT2D eigenvalue weighted by Gasteiger charge is 2.11. The number of para-hydroxylation sites is 1. The number of Topliss-reactive ketones (excluding diaryl/α,β-unsaturated/α-hetero) is 1. The quantitative estimate of drug-likeness (QED) is 0.389. The first-order valence-corrected chi connectivity index (χ1v) is 9.21. The molecule has 7 heteroatoms. The maximum Gasteiger partial charge on any atom is 0.252 e. The van der Waals surface area contributed by atoms with E-state index in [1.807, 2.05) is 30.3 Å². The van der Waals surface area contributed by atoms with E-state index in [9.17, 15) is 14.4 Å². The van der Waals surface area contributed by atoms with E-state index in [-0.39, 0.29) is 23.0 Å². The number of benzene rings is 2. The zero-order valence-electron chi connectivity index (χ0n) is 14.6. The second-order valence-corrected chi connectivity index (χ2v) is 6.70. The van der Waals surface area contributed by atoms with E-state index in [1.165, 1.54) is 13.0 Å². The lowest BCUT2D eigenvalue weighted by Gasteiger charge is -2.09. The van der Waals surface area contributed by atoms with Crippen LogP contribution in [0.25, 0.3) is 11.3 Å². The smallest absolute Gasteiger partial charge is 0.252 e. The Bertz CT molecular complexity index is 1030. The second-order valence-electron chi connectivity index (χ2n) is 5.74. The van der Waals surface area contributed by atoms with Crippen LogP contribution in [0.5, 0.6) is 0 Å². The van der Waals surface area contributed by atoms with Crippen LogP contribution in [-0.4, -0.2) is 27.4 Å². The van der Waals surface area contributed by atoms with Gasteiger partial charge in [-0.15, -0.1) is 0 Å². The number of amides is 1. The minimum atomic E-state index is -0.290. The number of ketones is 1. The molecule has 0 saturated carbocycles. The fourth-order valence-corrected chi connectivity index (χ4v) is 3.16. The molecular formula is C20H17N3O3S. The molecule has 0 aliphatic heterocycles. The normalized spacial score (nSPS) is 10.4. The van der Waals surface area contributed by atoms with Crippen LogP contribution in [0.3, 0.4) is 0 Å². The van der Waals surface area contributed by atoms with Crippen molar-refractivity contribution in [2.75, 3.05) is 11.1 Å². The molecule has 2 N–H and O–H groups in total. The zero-order chi connectivity index (χ0) is 19.2. The van der Waals surface area contributed by atoms with Crippen molar-refractivity contribution in [1.82, 2.24) is 9.97 Å². The molecule has 0 aliphatic carbocycles. The average Bonchev–Trinajstić information content (AvgIpc) is 2.67. The van der Waals surface area contributed by atoms with Crippen molar-refractivity contribution in [3.05, 3.63) is 76.6 Å². The lowest BCUT2D eigenvalue weighted by Crippen LogP contribution is -2.17. The predicted octanol–water partition coefficient (Wildman–Crippen LogP) is 3.37. The molecule has 2 aromatic carbocycles. The summed E-state index contributed by atoms with van der Waals surface area (Å²) in [7, 11) is 0. The van der Waals surface area contributed by atoms with Gasteiger partial charge < -0.3 is 10.3 Å². The number of rotatable bonds is 6. The largest absolute Gasteiger partial charge is 0.325 e. The molecule has 0 spiro atoms. The van der Waals surface area contributed by atoms with Crippen LogP contribution >= 0.6 is 11.8 Å². The molecule has 0 aliphatic rings. The van der Waals surface area contributed by atoms with Gasteiger partial charge in [0.25, 0.3) is 5.56 Å². The Hall–Kier alpha value is -3.19. The van der Waals surface area contributed by atoms with Gasteiger partial charge in [0, 0.05) is 17.2 Å². The highest BCUT2D eigenvalue weighted by molar-refractivity contribution is 7.99. The van der Waals surface area contributed by atoms with Crippen molar-refractivity contribution in [2.45, 2.75) is 12.1 Å². The van der Waals surface area contributed by atoms with E-state index in [0.717, 1.165) is 17.3 Å². The molecular weight excluding hydrogens is 362 g/mol. The Morgan fingerprint density at radius 3 is 2.52 bits per heavy atom. The minimum absolute atomic E-state index is 0.0490. The molecule has 0 radical (unpaired) electrons. The van der Waals surface area contributed by atoms with Crippen molar-refractivity contribution in [3.63, 3.8) is 0 Å². The topological polar surface area (TPSA) is 91.9 Å². The Morgan fingerprint density at radius 2 is 1.78 bits per heavy atom. The van der Waals surface area contributed by atoms with E-state index in [1.54, 1.807) is 24.3 Å². The number of carbonyl (C=O) groups is 2. The number of aromatic amines is 1. The van der Waals surface area contributed by atoms with Crippen molar-refractivity contribution < 1.29 is 9.59 Å². The number of nitrogens with one attached hydrogen (secondary N) is 2. The highest BCUT2D eigenvalue weighted by Crippen LogP contribution is 2.20. The third-order valence-electron chi connectivity index (χ3n) is 3.71. The summed E-state index contributed by atoms with van der Waals surface area (Å²) in [5.74, 6) is -0.366. The number of aromatic nitrogens is 2. The first-order valence-electron chi connectivity index (χ1n) is 8.22. The average molecular weight is 379 g/mol.